The van der Waals surface area contributed by atoms with E-state index in [2.05, 4.69) is 10.8 Å². The number of benzene rings is 1. The van der Waals surface area contributed by atoms with Gasteiger partial charge < -0.3 is 21.7 Å². The van der Waals surface area contributed by atoms with Gasteiger partial charge in [-0.05, 0) is 0 Å². The maximum absolute atomic E-state index is 12.5. The number of alkyl halides is 9. The van der Waals surface area contributed by atoms with Gasteiger partial charge in [0.15, 0.2) is 0 Å². The maximum atomic E-state index is 12.5. The molecule has 122 valence electrons. The molecule has 0 aliphatic heterocycles. The Morgan fingerprint density at radius 2 is 1.05 bits per heavy atom. The van der Waals surface area contributed by atoms with Crippen molar-refractivity contribution < 1.29 is 61.2 Å². The van der Waals surface area contributed by atoms with E-state index < -0.39 is 29.9 Å². The first kappa shape index (κ1) is 23.9. The third-order valence-corrected chi connectivity index (χ3v) is 2.16. The van der Waals surface area contributed by atoms with Crippen molar-refractivity contribution in [1.29, 1.82) is 0 Å². The Morgan fingerprint density at radius 3 is 1.32 bits per heavy atom. The normalized spacial score (nSPS) is 13.0. The van der Waals surface area contributed by atoms with E-state index in [4.69, 9.17) is 0 Å². The van der Waals surface area contributed by atoms with Gasteiger partial charge in [0.05, 0.1) is 0 Å². The Bertz CT molecular complexity index is 418. The molecule has 0 aliphatic rings. The van der Waals surface area contributed by atoms with Gasteiger partial charge in [0, 0.05) is 5.75 Å². The monoisotopic (exact) mass is 414 g/mol. The van der Waals surface area contributed by atoms with Gasteiger partial charge in [-0.25, -0.2) is 0 Å². The van der Waals surface area contributed by atoms with Crippen LogP contribution in [0.25, 0.3) is 0 Å². The zero-order valence-corrected chi connectivity index (χ0v) is 13.2. The summed E-state index contributed by atoms with van der Waals surface area (Å²) in [4.78, 5) is 0. The fourth-order valence-corrected chi connectivity index (χ4v) is 1.27. The molecular weight excluding hydrogens is 411 g/mol. The van der Waals surface area contributed by atoms with E-state index in [0.717, 1.165) is 12.1 Å². The molecule has 0 atom stereocenters. The molecule has 0 unspecified atom stereocenters. The molecule has 22 heavy (non-hydrogen) atoms. The van der Waals surface area contributed by atoms with Gasteiger partial charge in [0.1, 0.15) is 0 Å². The Hall–Kier alpha value is -0.364. The van der Waals surface area contributed by atoms with Crippen LogP contribution in [0.4, 0.5) is 39.5 Å². The summed E-state index contributed by atoms with van der Waals surface area (Å²) < 4.78 is 116. The van der Waals surface area contributed by atoms with Gasteiger partial charge >= 0.3 is 47.2 Å². The second-order valence-corrected chi connectivity index (χ2v) is 3.51. The fraction of sp³-hybridized carbons (Fsp3) is 0.400. The van der Waals surface area contributed by atoms with Crippen molar-refractivity contribution in [2.45, 2.75) is 24.1 Å². The summed E-state index contributed by atoms with van der Waals surface area (Å²) in [6, 6.07) is 4.82. The number of halogens is 10. The van der Waals surface area contributed by atoms with E-state index in [0.29, 0.717) is 12.1 Å². The SMILES string of the molecule is FC(F)(F)C(Oc1cc[c-]cc1)(C(F)(F)F)C(F)(F)F.[Br-].[Mg+2]. The summed E-state index contributed by atoms with van der Waals surface area (Å²) in [5.41, 5.74) is -6.30. The average molecular weight is 415 g/mol. The van der Waals surface area contributed by atoms with E-state index in [1.54, 1.807) is 0 Å². The first-order valence-corrected chi connectivity index (χ1v) is 4.68. The van der Waals surface area contributed by atoms with Crippen molar-refractivity contribution in [3.63, 3.8) is 0 Å². The molecule has 0 heterocycles. The van der Waals surface area contributed by atoms with E-state index >= 15 is 0 Å². The van der Waals surface area contributed by atoms with Crippen LogP contribution in [-0.2, 0) is 0 Å². The quantitative estimate of drug-likeness (QED) is 0.397. The van der Waals surface area contributed by atoms with Crippen LogP contribution < -0.4 is 21.7 Å². The standard InChI is InChI=1S/C10H4F9O.BrH.Mg/c11-8(12,13)7(9(14,15)16,10(17,18)19)20-6-4-2-1-3-5-6;;/h2-5H;1H;/q-1;;+2/p-1. The molecule has 1 nitrogen and oxygen atoms in total. The van der Waals surface area contributed by atoms with Gasteiger partial charge in [-0.3, -0.25) is 0 Å². The van der Waals surface area contributed by atoms with Crippen molar-refractivity contribution in [3.8, 4) is 5.75 Å². The molecule has 0 N–H and O–H groups in total. The second kappa shape index (κ2) is 7.47. The Balaban J connectivity index is 0. The largest absolute Gasteiger partial charge is 2.00 e. The average Bonchev–Trinajstić information content (AvgIpc) is 2.22. The van der Waals surface area contributed by atoms with E-state index in [-0.39, 0.29) is 40.0 Å². The molecule has 0 amide bonds. The summed E-state index contributed by atoms with van der Waals surface area (Å²) in [5.74, 6) is -1.24. The Kier molecular flexibility index (Phi) is 8.11. The minimum atomic E-state index is -6.75. The van der Waals surface area contributed by atoms with Crippen molar-refractivity contribution in [1.82, 2.24) is 0 Å². The van der Waals surface area contributed by atoms with Crippen LogP contribution in [0.1, 0.15) is 0 Å². The third kappa shape index (κ3) is 4.34. The third-order valence-electron chi connectivity index (χ3n) is 2.16. The molecule has 0 spiro atoms. The van der Waals surface area contributed by atoms with E-state index in [1.165, 1.54) is 0 Å². The van der Waals surface area contributed by atoms with Gasteiger partial charge in [-0.1, -0.05) is 0 Å². The summed E-state index contributed by atoms with van der Waals surface area (Å²) in [7, 11) is 0. The van der Waals surface area contributed by atoms with Crippen molar-refractivity contribution >= 4 is 23.1 Å². The summed E-state index contributed by atoms with van der Waals surface area (Å²) in [6.07, 6.45) is -20.2. The molecule has 0 aromatic heterocycles. The summed E-state index contributed by atoms with van der Waals surface area (Å²) in [6.45, 7) is 0. The number of hydrogen-bond acceptors (Lipinski definition) is 1. The predicted octanol–water partition coefficient (Wildman–Crippen LogP) is 0.914. The van der Waals surface area contributed by atoms with Crippen LogP contribution in [0.15, 0.2) is 24.3 Å². The van der Waals surface area contributed by atoms with Crippen LogP contribution in [-0.4, -0.2) is 47.2 Å². The van der Waals surface area contributed by atoms with Crippen molar-refractivity contribution in [3.05, 3.63) is 30.3 Å². The van der Waals surface area contributed by atoms with Crippen LogP contribution in [0, 0.1) is 6.07 Å². The molecule has 0 aliphatic carbocycles. The number of rotatable bonds is 2. The van der Waals surface area contributed by atoms with Crippen LogP contribution in [0.3, 0.4) is 0 Å². The first-order chi connectivity index (χ1) is 8.83. The number of hydrogen-bond donors (Lipinski definition) is 0. The first-order valence-electron chi connectivity index (χ1n) is 4.68. The molecule has 0 bridgehead atoms. The Labute approximate surface area is 144 Å². The molecule has 12 heteroatoms. The minimum absolute atomic E-state index is 0. The molecule has 0 saturated heterocycles. The second-order valence-electron chi connectivity index (χ2n) is 3.51. The zero-order valence-electron chi connectivity index (χ0n) is 10.2. The summed E-state index contributed by atoms with van der Waals surface area (Å²) in [5, 5.41) is 0. The topological polar surface area (TPSA) is 9.23 Å². The molecule has 0 radical (unpaired) electrons. The smallest absolute Gasteiger partial charge is 1.00 e. The van der Waals surface area contributed by atoms with Gasteiger partial charge in [-0.15, -0.1) is 12.1 Å². The van der Waals surface area contributed by atoms with Gasteiger partial charge in [-0.2, -0.15) is 57.7 Å². The molecular formula is C10H4BrF9MgO. The van der Waals surface area contributed by atoms with Gasteiger partial charge in [0.25, 0.3) is 0 Å². The molecule has 0 saturated carbocycles. The minimum Gasteiger partial charge on any atom is -1.00 e. The van der Waals surface area contributed by atoms with Crippen molar-refractivity contribution in [2.75, 3.05) is 0 Å². The molecule has 0 fully saturated rings. The van der Waals surface area contributed by atoms with Crippen LogP contribution in [0.2, 0.25) is 0 Å². The van der Waals surface area contributed by atoms with E-state index in [9.17, 15) is 39.5 Å². The number of ether oxygens (including phenoxy) is 1. The Morgan fingerprint density at radius 1 is 0.727 bits per heavy atom. The maximum Gasteiger partial charge on any atom is 2.00 e. The van der Waals surface area contributed by atoms with Crippen LogP contribution in [0.5, 0.6) is 5.75 Å². The molecule has 1 rings (SSSR count). The van der Waals surface area contributed by atoms with Crippen LogP contribution >= 0.6 is 0 Å². The molecule has 1 aromatic carbocycles. The van der Waals surface area contributed by atoms with Crippen molar-refractivity contribution in [2.24, 2.45) is 0 Å². The zero-order chi connectivity index (χ0) is 15.8. The fourth-order valence-electron chi connectivity index (χ4n) is 1.27. The van der Waals surface area contributed by atoms with Gasteiger partial charge in [0.2, 0.25) is 0 Å². The summed E-state index contributed by atoms with van der Waals surface area (Å²) >= 11 is 0. The van der Waals surface area contributed by atoms with E-state index in [1.807, 2.05) is 0 Å². The predicted molar refractivity (Wildman–Crippen MR) is 52.6 cm³/mol. The molecule has 1 aromatic rings.